The molecule has 33 heavy (non-hydrogen) atoms. The summed E-state index contributed by atoms with van der Waals surface area (Å²) in [5.41, 5.74) is 3.88. The van der Waals surface area contributed by atoms with Gasteiger partial charge < -0.3 is 5.32 Å². The summed E-state index contributed by atoms with van der Waals surface area (Å²) >= 11 is 12.3. The Morgan fingerprint density at radius 1 is 1.06 bits per heavy atom. The molecular formula is C24H20Cl2FN5O. The zero-order chi connectivity index (χ0) is 22.9. The Bertz CT molecular complexity index is 1330. The van der Waals surface area contributed by atoms with Crippen LogP contribution in [0.25, 0.3) is 5.69 Å². The summed E-state index contributed by atoms with van der Waals surface area (Å²) in [5, 5.41) is 13.0. The molecule has 1 aliphatic carbocycles. The van der Waals surface area contributed by atoms with Gasteiger partial charge in [0.1, 0.15) is 11.6 Å². The van der Waals surface area contributed by atoms with E-state index in [0.717, 1.165) is 48.2 Å². The van der Waals surface area contributed by atoms with Crippen molar-refractivity contribution < 1.29 is 9.18 Å². The molecule has 4 aromatic rings. The van der Waals surface area contributed by atoms with Crippen molar-refractivity contribution in [3.8, 4) is 5.69 Å². The first-order chi connectivity index (χ1) is 16.0. The Kier molecular flexibility index (Phi) is 5.91. The van der Waals surface area contributed by atoms with Crippen LogP contribution in [0.3, 0.4) is 0 Å². The predicted molar refractivity (Wildman–Crippen MR) is 126 cm³/mol. The molecule has 5 rings (SSSR count). The van der Waals surface area contributed by atoms with Crippen molar-refractivity contribution in [1.82, 2.24) is 19.6 Å². The molecule has 0 atom stereocenters. The number of carbonyl (C=O) groups is 1. The van der Waals surface area contributed by atoms with Gasteiger partial charge >= 0.3 is 0 Å². The highest BCUT2D eigenvalue weighted by atomic mass is 35.5. The normalized spacial score (nSPS) is 13.1. The molecule has 0 saturated carbocycles. The van der Waals surface area contributed by atoms with E-state index in [-0.39, 0.29) is 11.7 Å². The molecule has 0 fully saturated rings. The quantitative estimate of drug-likeness (QED) is 0.396. The van der Waals surface area contributed by atoms with Gasteiger partial charge in [-0.2, -0.15) is 10.2 Å². The second-order valence-corrected chi connectivity index (χ2v) is 8.78. The molecule has 2 aromatic heterocycles. The molecule has 0 bridgehead atoms. The highest BCUT2D eigenvalue weighted by Gasteiger charge is 2.26. The smallest absolute Gasteiger partial charge is 0.277 e. The number of aromatic nitrogens is 4. The standard InChI is InChI=1S/C24H20Cl2FN5O/c25-16-6-5-15(20(26)13-16)14-31-22(11-12-28-31)29-24(33)23-19-3-1-2-4-21(19)32(30-23)18-9-7-17(27)8-10-18/h5-13H,1-4,14H2,(H,29,33). The minimum atomic E-state index is -0.313. The van der Waals surface area contributed by atoms with E-state index in [0.29, 0.717) is 28.1 Å². The van der Waals surface area contributed by atoms with Gasteiger partial charge in [-0.15, -0.1) is 0 Å². The maximum atomic E-state index is 13.4. The summed E-state index contributed by atoms with van der Waals surface area (Å²) in [4.78, 5) is 13.3. The number of rotatable bonds is 5. The number of nitrogens with zero attached hydrogens (tertiary/aromatic N) is 4. The van der Waals surface area contributed by atoms with Crippen molar-refractivity contribution in [3.05, 3.63) is 93.1 Å². The van der Waals surface area contributed by atoms with E-state index >= 15 is 0 Å². The molecule has 1 N–H and O–H groups in total. The Morgan fingerprint density at radius 2 is 1.85 bits per heavy atom. The number of amides is 1. The number of hydrogen-bond donors (Lipinski definition) is 1. The monoisotopic (exact) mass is 483 g/mol. The zero-order valence-corrected chi connectivity index (χ0v) is 19.1. The molecular weight excluding hydrogens is 464 g/mol. The van der Waals surface area contributed by atoms with Gasteiger partial charge in [0.2, 0.25) is 0 Å². The van der Waals surface area contributed by atoms with Gasteiger partial charge in [0, 0.05) is 27.4 Å². The van der Waals surface area contributed by atoms with E-state index in [4.69, 9.17) is 23.2 Å². The van der Waals surface area contributed by atoms with Gasteiger partial charge in [-0.1, -0.05) is 29.3 Å². The predicted octanol–water partition coefficient (Wildman–Crippen LogP) is 5.69. The van der Waals surface area contributed by atoms with Crippen LogP contribution in [-0.4, -0.2) is 25.5 Å². The lowest BCUT2D eigenvalue weighted by atomic mass is 9.95. The summed E-state index contributed by atoms with van der Waals surface area (Å²) in [6, 6.07) is 13.1. The van der Waals surface area contributed by atoms with E-state index < -0.39 is 0 Å². The van der Waals surface area contributed by atoms with Crippen molar-refractivity contribution in [3.63, 3.8) is 0 Å². The molecule has 6 nitrogen and oxygen atoms in total. The molecule has 168 valence electrons. The number of benzene rings is 2. The maximum absolute atomic E-state index is 13.4. The van der Waals surface area contributed by atoms with Gasteiger partial charge in [0.05, 0.1) is 18.4 Å². The lowest BCUT2D eigenvalue weighted by molar-refractivity contribution is 0.102. The van der Waals surface area contributed by atoms with Crippen molar-refractivity contribution in [1.29, 1.82) is 0 Å². The fourth-order valence-electron chi connectivity index (χ4n) is 4.13. The Hall–Kier alpha value is -3.16. The highest BCUT2D eigenvalue weighted by Crippen LogP contribution is 2.28. The van der Waals surface area contributed by atoms with Crippen LogP contribution < -0.4 is 5.32 Å². The fourth-order valence-corrected chi connectivity index (χ4v) is 4.60. The lowest BCUT2D eigenvalue weighted by Gasteiger charge is -2.14. The molecule has 9 heteroatoms. The van der Waals surface area contributed by atoms with E-state index in [9.17, 15) is 9.18 Å². The van der Waals surface area contributed by atoms with Crippen LogP contribution in [0.15, 0.2) is 54.7 Å². The van der Waals surface area contributed by atoms with Crippen molar-refractivity contribution in [2.45, 2.75) is 32.2 Å². The van der Waals surface area contributed by atoms with Crippen molar-refractivity contribution in [2.75, 3.05) is 5.32 Å². The summed E-state index contributed by atoms with van der Waals surface area (Å²) in [6.07, 6.45) is 5.23. The number of halogens is 3. The molecule has 0 aliphatic heterocycles. The largest absolute Gasteiger partial charge is 0.305 e. The van der Waals surface area contributed by atoms with Gasteiger partial charge in [0.25, 0.3) is 5.91 Å². The number of anilines is 1. The SMILES string of the molecule is O=C(Nc1ccnn1Cc1ccc(Cl)cc1Cl)c1nn(-c2ccc(F)cc2)c2c1CCCC2. The summed E-state index contributed by atoms with van der Waals surface area (Å²) in [6.45, 7) is 0.376. The molecule has 0 radical (unpaired) electrons. The molecule has 0 unspecified atom stereocenters. The second kappa shape index (κ2) is 9.00. The highest BCUT2D eigenvalue weighted by molar-refractivity contribution is 6.35. The summed E-state index contributed by atoms with van der Waals surface area (Å²) < 4.78 is 16.8. The molecule has 2 heterocycles. The van der Waals surface area contributed by atoms with Gasteiger partial charge in [0.15, 0.2) is 5.69 Å². The number of fused-ring (bicyclic) bond motifs is 1. The molecule has 1 amide bonds. The first-order valence-corrected chi connectivity index (χ1v) is 11.4. The topological polar surface area (TPSA) is 64.7 Å². The Labute approximate surface area is 199 Å². The Morgan fingerprint density at radius 3 is 2.64 bits per heavy atom. The third-order valence-corrected chi connectivity index (χ3v) is 6.35. The van der Waals surface area contributed by atoms with E-state index in [1.807, 2.05) is 6.07 Å². The van der Waals surface area contributed by atoms with Crippen molar-refractivity contribution in [2.24, 2.45) is 0 Å². The van der Waals surface area contributed by atoms with Crippen LogP contribution in [0.2, 0.25) is 10.0 Å². The van der Waals surface area contributed by atoms with Gasteiger partial charge in [-0.05, 0) is 67.6 Å². The third-order valence-electron chi connectivity index (χ3n) is 5.76. The Balaban J connectivity index is 1.43. The number of nitrogens with one attached hydrogen (secondary N) is 1. The lowest BCUT2D eigenvalue weighted by Crippen LogP contribution is -2.18. The summed E-state index contributed by atoms with van der Waals surface area (Å²) in [5.74, 6) is -0.0864. The van der Waals surface area contributed by atoms with Gasteiger partial charge in [-0.25, -0.2) is 13.8 Å². The van der Waals surface area contributed by atoms with Crippen LogP contribution in [0.5, 0.6) is 0 Å². The first kappa shape index (κ1) is 21.7. The average molecular weight is 484 g/mol. The first-order valence-electron chi connectivity index (χ1n) is 10.6. The van der Waals surface area contributed by atoms with Crippen LogP contribution >= 0.6 is 23.2 Å². The summed E-state index contributed by atoms with van der Waals surface area (Å²) in [7, 11) is 0. The number of carbonyl (C=O) groups excluding carboxylic acids is 1. The fraction of sp³-hybridized carbons (Fsp3) is 0.208. The van der Waals surface area contributed by atoms with E-state index in [1.54, 1.807) is 45.9 Å². The number of hydrogen-bond acceptors (Lipinski definition) is 3. The average Bonchev–Trinajstić information content (AvgIpc) is 3.41. The zero-order valence-electron chi connectivity index (χ0n) is 17.6. The van der Waals surface area contributed by atoms with Gasteiger partial charge in [-0.3, -0.25) is 4.79 Å². The second-order valence-electron chi connectivity index (χ2n) is 7.93. The van der Waals surface area contributed by atoms with Crippen LogP contribution in [-0.2, 0) is 19.4 Å². The molecule has 0 saturated heterocycles. The van der Waals surface area contributed by atoms with E-state index in [1.165, 1.54) is 12.1 Å². The van der Waals surface area contributed by atoms with Crippen molar-refractivity contribution >= 4 is 34.9 Å². The van der Waals surface area contributed by atoms with E-state index in [2.05, 4.69) is 15.5 Å². The molecule has 1 aliphatic rings. The minimum absolute atomic E-state index is 0.307. The third kappa shape index (κ3) is 4.38. The van der Waals surface area contributed by atoms with Crippen LogP contribution in [0, 0.1) is 5.82 Å². The van der Waals surface area contributed by atoms with Crippen LogP contribution in [0.1, 0.15) is 40.2 Å². The van der Waals surface area contributed by atoms with Crippen LogP contribution in [0.4, 0.5) is 10.2 Å². The molecule has 2 aromatic carbocycles. The maximum Gasteiger partial charge on any atom is 0.277 e. The molecule has 0 spiro atoms. The minimum Gasteiger partial charge on any atom is -0.305 e.